The molecule has 1 heterocycles. The van der Waals surface area contributed by atoms with Crippen LogP contribution in [0.15, 0.2) is 29.7 Å². The van der Waals surface area contributed by atoms with Crippen molar-refractivity contribution < 1.29 is 13.5 Å². The summed E-state index contributed by atoms with van der Waals surface area (Å²) in [5, 5.41) is 0. The highest BCUT2D eigenvalue weighted by atomic mass is 19.1. The van der Waals surface area contributed by atoms with E-state index in [1.807, 2.05) is 12.2 Å². The molecule has 1 aromatic heterocycles. The first-order chi connectivity index (χ1) is 8.31. The van der Waals surface area contributed by atoms with E-state index in [1.165, 1.54) is 0 Å². The third kappa shape index (κ3) is 4.36. The third-order valence-corrected chi connectivity index (χ3v) is 2.02. The molecule has 0 saturated carbocycles. The van der Waals surface area contributed by atoms with Gasteiger partial charge in [-0.25, -0.2) is 9.37 Å². The molecule has 0 aromatic carbocycles. The predicted octanol–water partition coefficient (Wildman–Crippen LogP) is 3.05. The van der Waals surface area contributed by atoms with Crippen molar-refractivity contribution in [1.82, 2.24) is 4.98 Å². The van der Waals surface area contributed by atoms with Gasteiger partial charge in [0.25, 0.3) is 0 Å². The number of hydrogen-bond donors (Lipinski definition) is 0. The maximum atomic E-state index is 11.7. The van der Waals surface area contributed by atoms with Gasteiger partial charge in [-0.1, -0.05) is 25.3 Å². The minimum atomic E-state index is -0.458. The number of alkyl halides is 1. The molecular formula is C13H16FNO2. The van der Waals surface area contributed by atoms with Gasteiger partial charge in [-0.2, -0.15) is 0 Å². The molecule has 0 spiro atoms. The molecule has 0 aliphatic heterocycles. The second-order valence-electron chi connectivity index (χ2n) is 3.21. The molecule has 1 aromatic rings. The van der Waals surface area contributed by atoms with Crippen LogP contribution in [-0.4, -0.2) is 24.9 Å². The van der Waals surface area contributed by atoms with Crippen LogP contribution in [-0.2, 0) is 11.2 Å². The van der Waals surface area contributed by atoms with E-state index in [4.69, 9.17) is 9.15 Å². The first-order valence-electron chi connectivity index (χ1n) is 5.35. The molecule has 0 bridgehead atoms. The van der Waals surface area contributed by atoms with Gasteiger partial charge in [-0.15, -0.1) is 0 Å². The van der Waals surface area contributed by atoms with Crippen LogP contribution in [0.4, 0.5) is 4.39 Å². The van der Waals surface area contributed by atoms with E-state index >= 15 is 0 Å². The summed E-state index contributed by atoms with van der Waals surface area (Å²) in [7, 11) is 0. The molecule has 0 aliphatic rings. The summed E-state index contributed by atoms with van der Waals surface area (Å²) in [6.07, 6.45) is 7.51. The lowest BCUT2D eigenvalue weighted by molar-refractivity contribution is 0.144. The predicted molar refractivity (Wildman–Crippen MR) is 66.3 cm³/mol. The largest absolute Gasteiger partial charge is 0.437 e. The second kappa shape index (κ2) is 7.57. The highest BCUT2D eigenvalue weighted by molar-refractivity contribution is 5.46. The van der Waals surface area contributed by atoms with Crippen molar-refractivity contribution in [3.63, 3.8) is 0 Å². The Labute approximate surface area is 100 Å². The van der Waals surface area contributed by atoms with Crippen molar-refractivity contribution in [2.75, 3.05) is 19.9 Å². The number of halogens is 1. The molecule has 0 aliphatic carbocycles. The summed E-state index contributed by atoms with van der Waals surface area (Å²) in [4.78, 5) is 4.23. The Morgan fingerprint density at radius 2 is 2.12 bits per heavy atom. The zero-order valence-corrected chi connectivity index (χ0v) is 9.69. The molecule has 0 atom stereocenters. The van der Waals surface area contributed by atoms with E-state index in [1.54, 1.807) is 12.2 Å². The Balaban J connectivity index is 2.47. The second-order valence-corrected chi connectivity index (χ2v) is 3.21. The number of ether oxygens (including phenoxy) is 1. The Hall–Kier alpha value is -1.68. The average molecular weight is 237 g/mol. The molecule has 0 fully saturated rings. The number of hydrogen-bond acceptors (Lipinski definition) is 3. The first kappa shape index (κ1) is 13.4. The average Bonchev–Trinajstić information content (AvgIpc) is 2.76. The van der Waals surface area contributed by atoms with E-state index < -0.39 is 6.67 Å². The van der Waals surface area contributed by atoms with Crippen LogP contribution < -0.4 is 0 Å². The molecule has 4 heteroatoms. The van der Waals surface area contributed by atoms with Crippen molar-refractivity contribution in [3.05, 3.63) is 42.7 Å². The monoisotopic (exact) mass is 237 g/mol. The molecule has 3 nitrogen and oxygen atoms in total. The Bertz CT molecular complexity index is 396. The zero-order valence-electron chi connectivity index (χ0n) is 9.69. The Morgan fingerprint density at radius 3 is 2.76 bits per heavy atom. The van der Waals surface area contributed by atoms with Gasteiger partial charge in [0, 0.05) is 6.42 Å². The van der Waals surface area contributed by atoms with Crippen LogP contribution >= 0.6 is 0 Å². The number of oxazole rings is 1. The molecule has 92 valence electrons. The van der Waals surface area contributed by atoms with Gasteiger partial charge in [-0.3, -0.25) is 0 Å². The van der Waals surface area contributed by atoms with Gasteiger partial charge in [0.05, 0.1) is 18.9 Å². The van der Waals surface area contributed by atoms with Crippen molar-refractivity contribution in [1.29, 1.82) is 0 Å². The number of aromatic nitrogens is 1. The molecule has 0 unspecified atom stereocenters. The molecule has 0 amide bonds. The highest BCUT2D eigenvalue weighted by Crippen LogP contribution is 2.14. The SMILES string of the molecule is C=Cc1nc(C/C=C\COCCF)c(C=C)o1. The molecule has 0 saturated heterocycles. The maximum absolute atomic E-state index is 11.7. The highest BCUT2D eigenvalue weighted by Gasteiger charge is 2.06. The molecule has 1 rings (SSSR count). The van der Waals surface area contributed by atoms with Gasteiger partial charge in [-0.05, 0) is 12.2 Å². The van der Waals surface area contributed by atoms with Crippen LogP contribution in [0.5, 0.6) is 0 Å². The number of nitrogens with zero attached hydrogens (tertiary/aromatic N) is 1. The van der Waals surface area contributed by atoms with E-state index in [2.05, 4.69) is 18.1 Å². The molecule has 0 N–H and O–H groups in total. The Kier molecular flexibility index (Phi) is 5.96. The third-order valence-electron chi connectivity index (χ3n) is 2.02. The fourth-order valence-corrected chi connectivity index (χ4v) is 1.24. The molecule has 17 heavy (non-hydrogen) atoms. The van der Waals surface area contributed by atoms with Crippen molar-refractivity contribution >= 4 is 12.2 Å². The van der Waals surface area contributed by atoms with Gasteiger partial charge >= 0.3 is 0 Å². The van der Waals surface area contributed by atoms with Crippen LogP contribution in [0.3, 0.4) is 0 Å². The summed E-state index contributed by atoms with van der Waals surface area (Å²) < 4.78 is 22.0. The van der Waals surface area contributed by atoms with E-state index in [9.17, 15) is 4.39 Å². The van der Waals surface area contributed by atoms with Crippen molar-refractivity contribution in [2.24, 2.45) is 0 Å². The summed E-state index contributed by atoms with van der Waals surface area (Å²) in [5.74, 6) is 1.13. The minimum Gasteiger partial charge on any atom is -0.437 e. The summed E-state index contributed by atoms with van der Waals surface area (Å²) in [6.45, 7) is 7.31. The smallest absolute Gasteiger partial charge is 0.219 e. The topological polar surface area (TPSA) is 35.3 Å². The zero-order chi connectivity index (χ0) is 12.5. The lowest BCUT2D eigenvalue weighted by atomic mass is 10.2. The summed E-state index contributed by atoms with van der Waals surface area (Å²) >= 11 is 0. The van der Waals surface area contributed by atoms with E-state index in [0.29, 0.717) is 24.7 Å². The molecular weight excluding hydrogens is 221 g/mol. The van der Waals surface area contributed by atoms with Gasteiger partial charge in [0.2, 0.25) is 5.89 Å². The van der Waals surface area contributed by atoms with Crippen molar-refractivity contribution in [3.8, 4) is 0 Å². The molecule has 0 radical (unpaired) electrons. The minimum absolute atomic E-state index is 0.132. The normalized spacial score (nSPS) is 10.9. The maximum Gasteiger partial charge on any atom is 0.219 e. The van der Waals surface area contributed by atoms with Crippen molar-refractivity contribution in [2.45, 2.75) is 6.42 Å². The fraction of sp³-hybridized carbons (Fsp3) is 0.308. The van der Waals surface area contributed by atoms with Crippen LogP contribution in [0, 0.1) is 0 Å². The standard InChI is InChI=1S/C13H16FNO2/c1-3-12-11(15-13(4-2)17-12)7-5-6-9-16-10-8-14/h3-6H,1-2,7-10H2/b6-5-. The lowest BCUT2D eigenvalue weighted by Crippen LogP contribution is -1.95. The van der Waals surface area contributed by atoms with Gasteiger partial charge in [0.1, 0.15) is 6.67 Å². The summed E-state index contributed by atoms with van der Waals surface area (Å²) in [6, 6.07) is 0. The van der Waals surface area contributed by atoms with Crippen LogP contribution in [0.1, 0.15) is 17.3 Å². The van der Waals surface area contributed by atoms with Gasteiger partial charge < -0.3 is 9.15 Å². The first-order valence-corrected chi connectivity index (χ1v) is 5.35. The van der Waals surface area contributed by atoms with Crippen LogP contribution in [0.2, 0.25) is 0 Å². The van der Waals surface area contributed by atoms with E-state index in [0.717, 1.165) is 5.69 Å². The van der Waals surface area contributed by atoms with Gasteiger partial charge in [0.15, 0.2) is 5.76 Å². The lowest BCUT2D eigenvalue weighted by Gasteiger charge is -1.94. The number of allylic oxidation sites excluding steroid dienone is 1. The Morgan fingerprint density at radius 1 is 1.29 bits per heavy atom. The number of rotatable bonds is 8. The fourth-order valence-electron chi connectivity index (χ4n) is 1.24. The van der Waals surface area contributed by atoms with E-state index in [-0.39, 0.29) is 6.61 Å². The van der Waals surface area contributed by atoms with Crippen LogP contribution in [0.25, 0.3) is 12.2 Å². The summed E-state index contributed by atoms with van der Waals surface area (Å²) in [5.41, 5.74) is 0.802. The quantitative estimate of drug-likeness (QED) is 0.515.